The predicted molar refractivity (Wildman–Crippen MR) is 51.7 cm³/mol. The fourth-order valence-electron chi connectivity index (χ4n) is 1.04. The summed E-state index contributed by atoms with van der Waals surface area (Å²) in [6.45, 7) is 0. The standard InChI is InChI=1S/C9H10N2O4/c12-8(13)5-6-1-3-7(4-2-6)10-9(14)11-15/h1-4,15H,5H2,(H,12,13)(H2,10,11,14). The molecule has 2 amide bonds. The molecule has 6 heteroatoms. The average molecular weight is 210 g/mol. The highest BCUT2D eigenvalue weighted by molar-refractivity contribution is 5.88. The molecule has 4 N–H and O–H groups in total. The molecular formula is C9H10N2O4. The summed E-state index contributed by atoms with van der Waals surface area (Å²) in [6, 6.07) is 5.52. The Bertz CT molecular complexity index is 361. The molecule has 15 heavy (non-hydrogen) atoms. The van der Waals surface area contributed by atoms with Crippen LogP contribution in [0, 0.1) is 0 Å². The average Bonchev–Trinajstić information content (AvgIpc) is 2.20. The summed E-state index contributed by atoms with van der Waals surface area (Å²) in [4.78, 5) is 21.0. The van der Waals surface area contributed by atoms with Gasteiger partial charge in [0.2, 0.25) is 0 Å². The van der Waals surface area contributed by atoms with E-state index in [0.717, 1.165) is 0 Å². The molecule has 80 valence electrons. The van der Waals surface area contributed by atoms with E-state index in [2.05, 4.69) is 5.32 Å². The molecule has 0 saturated heterocycles. The third-order valence-corrected chi connectivity index (χ3v) is 1.67. The van der Waals surface area contributed by atoms with Crippen LogP contribution < -0.4 is 10.8 Å². The molecule has 1 rings (SSSR count). The van der Waals surface area contributed by atoms with Gasteiger partial charge in [-0.3, -0.25) is 10.0 Å². The summed E-state index contributed by atoms with van der Waals surface area (Å²) in [5.41, 5.74) is 2.52. The summed E-state index contributed by atoms with van der Waals surface area (Å²) in [7, 11) is 0. The number of nitrogens with one attached hydrogen (secondary N) is 2. The fourth-order valence-corrected chi connectivity index (χ4v) is 1.04. The molecule has 0 atom stereocenters. The molecule has 0 unspecified atom stereocenters. The second-order valence-corrected chi connectivity index (χ2v) is 2.83. The maximum Gasteiger partial charge on any atom is 0.342 e. The van der Waals surface area contributed by atoms with E-state index in [1.807, 2.05) is 0 Å². The summed E-state index contributed by atoms with van der Waals surface area (Å²) < 4.78 is 0. The minimum atomic E-state index is -0.913. The summed E-state index contributed by atoms with van der Waals surface area (Å²) in [6.07, 6.45) is -0.0630. The van der Waals surface area contributed by atoms with E-state index >= 15 is 0 Å². The number of anilines is 1. The van der Waals surface area contributed by atoms with Gasteiger partial charge in [0.25, 0.3) is 0 Å². The molecular weight excluding hydrogens is 200 g/mol. The topological polar surface area (TPSA) is 98.7 Å². The maximum absolute atomic E-state index is 10.7. The molecule has 0 heterocycles. The first-order chi connectivity index (χ1) is 7.11. The largest absolute Gasteiger partial charge is 0.481 e. The van der Waals surface area contributed by atoms with Crippen LogP contribution in [0.4, 0.5) is 10.5 Å². The number of hydroxylamine groups is 1. The monoisotopic (exact) mass is 210 g/mol. The van der Waals surface area contributed by atoms with Gasteiger partial charge in [-0.25, -0.2) is 10.3 Å². The van der Waals surface area contributed by atoms with Gasteiger partial charge in [-0.1, -0.05) is 12.1 Å². The molecule has 1 aromatic rings. The van der Waals surface area contributed by atoms with Gasteiger partial charge in [0, 0.05) is 5.69 Å². The number of rotatable bonds is 3. The zero-order valence-electron chi connectivity index (χ0n) is 7.73. The Morgan fingerprint density at radius 1 is 1.20 bits per heavy atom. The SMILES string of the molecule is O=C(O)Cc1ccc(NC(=O)NO)cc1. The lowest BCUT2D eigenvalue weighted by Crippen LogP contribution is -2.24. The number of hydrogen-bond acceptors (Lipinski definition) is 3. The van der Waals surface area contributed by atoms with Crippen molar-refractivity contribution in [1.82, 2.24) is 5.48 Å². The van der Waals surface area contributed by atoms with Gasteiger partial charge in [0.1, 0.15) is 0 Å². The Hall–Kier alpha value is -2.08. The normalized spacial score (nSPS) is 9.40. The second kappa shape index (κ2) is 4.97. The first kappa shape index (κ1) is 11.0. The number of aliphatic carboxylic acids is 1. The van der Waals surface area contributed by atoms with E-state index in [4.69, 9.17) is 10.3 Å². The Balaban J connectivity index is 2.64. The van der Waals surface area contributed by atoms with Crippen molar-refractivity contribution in [2.24, 2.45) is 0 Å². The van der Waals surface area contributed by atoms with Crippen LogP contribution in [0.3, 0.4) is 0 Å². The van der Waals surface area contributed by atoms with Crippen molar-refractivity contribution in [1.29, 1.82) is 0 Å². The number of benzene rings is 1. The first-order valence-corrected chi connectivity index (χ1v) is 4.13. The Morgan fingerprint density at radius 2 is 1.80 bits per heavy atom. The van der Waals surface area contributed by atoms with Crippen LogP contribution in [0.5, 0.6) is 0 Å². The first-order valence-electron chi connectivity index (χ1n) is 4.13. The summed E-state index contributed by atoms with van der Waals surface area (Å²) >= 11 is 0. The molecule has 1 aromatic carbocycles. The van der Waals surface area contributed by atoms with Crippen molar-refractivity contribution < 1.29 is 19.9 Å². The molecule has 0 bridgehead atoms. The number of urea groups is 1. The third kappa shape index (κ3) is 3.65. The van der Waals surface area contributed by atoms with E-state index in [-0.39, 0.29) is 6.42 Å². The lowest BCUT2D eigenvalue weighted by molar-refractivity contribution is -0.136. The highest BCUT2D eigenvalue weighted by Crippen LogP contribution is 2.09. The molecule has 0 aromatic heterocycles. The molecule has 0 aliphatic heterocycles. The molecule has 0 aliphatic carbocycles. The number of amides is 2. The zero-order chi connectivity index (χ0) is 11.3. The van der Waals surface area contributed by atoms with E-state index in [0.29, 0.717) is 11.3 Å². The van der Waals surface area contributed by atoms with Crippen LogP contribution in [0.15, 0.2) is 24.3 Å². The van der Waals surface area contributed by atoms with Crippen LogP contribution in [-0.4, -0.2) is 22.3 Å². The van der Waals surface area contributed by atoms with Gasteiger partial charge in [-0.15, -0.1) is 0 Å². The van der Waals surface area contributed by atoms with Crippen LogP contribution in [0.25, 0.3) is 0 Å². The van der Waals surface area contributed by atoms with Crippen molar-refractivity contribution in [3.8, 4) is 0 Å². The Labute approximate surface area is 85.5 Å². The van der Waals surface area contributed by atoms with Crippen LogP contribution >= 0.6 is 0 Å². The van der Waals surface area contributed by atoms with Gasteiger partial charge in [0.05, 0.1) is 6.42 Å². The van der Waals surface area contributed by atoms with E-state index < -0.39 is 12.0 Å². The van der Waals surface area contributed by atoms with Crippen LogP contribution in [0.2, 0.25) is 0 Å². The molecule has 0 saturated carbocycles. The van der Waals surface area contributed by atoms with Crippen molar-refractivity contribution in [2.75, 3.05) is 5.32 Å². The number of carbonyl (C=O) groups is 2. The highest BCUT2D eigenvalue weighted by Gasteiger charge is 2.02. The predicted octanol–water partition coefficient (Wildman–Crippen LogP) is 0.824. The smallest absolute Gasteiger partial charge is 0.342 e. The van der Waals surface area contributed by atoms with Gasteiger partial charge in [-0.05, 0) is 17.7 Å². The van der Waals surface area contributed by atoms with Crippen LogP contribution in [0.1, 0.15) is 5.56 Å². The quantitative estimate of drug-likeness (QED) is 0.438. The molecule has 6 nitrogen and oxygen atoms in total. The third-order valence-electron chi connectivity index (χ3n) is 1.67. The van der Waals surface area contributed by atoms with Gasteiger partial charge >= 0.3 is 12.0 Å². The fraction of sp³-hybridized carbons (Fsp3) is 0.111. The summed E-state index contributed by atoms with van der Waals surface area (Å²) in [5.74, 6) is -0.913. The van der Waals surface area contributed by atoms with Crippen molar-refractivity contribution in [3.05, 3.63) is 29.8 Å². The Morgan fingerprint density at radius 3 is 2.27 bits per heavy atom. The molecule has 0 radical (unpaired) electrons. The maximum atomic E-state index is 10.7. The minimum Gasteiger partial charge on any atom is -0.481 e. The minimum absolute atomic E-state index is 0.0630. The van der Waals surface area contributed by atoms with Gasteiger partial charge in [-0.2, -0.15) is 0 Å². The molecule has 0 spiro atoms. The molecule has 0 aliphatic rings. The number of carboxylic acid groups (broad SMARTS) is 1. The second-order valence-electron chi connectivity index (χ2n) is 2.83. The highest BCUT2D eigenvalue weighted by atomic mass is 16.5. The van der Waals surface area contributed by atoms with Crippen LogP contribution in [-0.2, 0) is 11.2 Å². The van der Waals surface area contributed by atoms with E-state index in [1.54, 1.807) is 24.3 Å². The van der Waals surface area contributed by atoms with Gasteiger partial charge < -0.3 is 10.4 Å². The van der Waals surface area contributed by atoms with Crippen molar-refractivity contribution in [3.63, 3.8) is 0 Å². The van der Waals surface area contributed by atoms with E-state index in [9.17, 15) is 9.59 Å². The van der Waals surface area contributed by atoms with Gasteiger partial charge in [0.15, 0.2) is 0 Å². The summed E-state index contributed by atoms with van der Waals surface area (Å²) in [5, 5.41) is 19.1. The van der Waals surface area contributed by atoms with Crippen molar-refractivity contribution >= 4 is 17.7 Å². The number of hydrogen-bond donors (Lipinski definition) is 4. The number of carboxylic acids is 1. The van der Waals surface area contributed by atoms with Crippen molar-refractivity contribution in [2.45, 2.75) is 6.42 Å². The lowest BCUT2D eigenvalue weighted by atomic mass is 10.1. The zero-order valence-corrected chi connectivity index (χ0v) is 7.73. The molecule has 0 fully saturated rings. The number of carbonyl (C=O) groups excluding carboxylic acids is 1. The Kier molecular flexibility index (Phi) is 3.64. The van der Waals surface area contributed by atoms with E-state index in [1.165, 1.54) is 5.48 Å². The lowest BCUT2D eigenvalue weighted by Gasteiger charge is -2.03.